The predicted octanol–water partition coefficient (Wildman–Crippen LogP) is 2.97. The molecule has 0 aliphatic heterocycles. The maximum atomic E-state index is 13.0. The molecule has 0 saturated heterocycles. The minimum Gasteiger partial charge on any atom is -0.492 e. The van der Waals surface area contributed by atoms with Gasteiger partial charge in [-0.05, 0) is 31.2 Å². The van der Waals surface area contributed by atoms with Crippen molar-refractivity contribution in [3.63, 3.8) is 0 Å². The standard InChI is InChI=1S/C17H21FN4O.HI/c1-2-19-17(22-13-15-7-3-4-9-20-15)21-10-11-23-16-8-5-6-14(18)12-16;/h3-9,12H,2,10-11,13H2,1H3,(H2,19,21,22);1H. The highest BCUT2D eigenvalue weighted by atomic mass is 127. The van der Waals surface area contributed by atoms with Crippen molar-refractivity contribution in [3.05, 3.63) is 60.2 Å². The first-order valence-electron chi connectivity index (χ1n) is 7.58. The largest absolute Gasteiger partial charge is 0.492 e. The van der Waals surface area contributed by atoms with Gasteiger partial charge >= 0.3 is 0 Å². The van der Waals surface area contributed by atoms with E-state index in [-0.39, 0.29) is 29.8 Å². The van der Waals surface area contributed by atoms with Crippen LogP contribution >= 0.6 is 24.0 Å². The van der Waals surface area contributed by atoms with Crippen molar-refractivity contribution in [1.29, 1.82) is 0 Å². The molecule has 7 heteroatoms. The average Bonchev–Trinajstić information content (AvgIpc) is 2.57. The summed E-state index contributed by atoms with van der Waals surface area (Å²) < 4.78 is 18.5. The summed E-state index contributed by atoms with van der Waals surface area (Å²) in [6, 6.07) is 11.8. The van der Waals surface area contributed by atoms with Gasteiger partial charge in [0.15, 0.2) is 5.96 Å². The van der Waals surface area contributed by atoms with Crippen LogP contribution in [0.4, 0.5) is 4.39 Å². The molecule has 2 N–H and O–H groups in total. The van der Waals surface area contributed by atoms with Gasteiger partial charge < -0.3 is 15.4 Å². The Labute approximate surface area is 158 Å². The minimum absolute atomic E-state index is 0. The zero-order valence-electron chi connectivity index (χ0n) is 13.5. The number of pyridine rings is 1. The average molecular weight is 444 g/mol. The van der Waals surface area contributed by atoms with Crippen LogP contribution in [0.25, 0.3) is 0 Å². The van der Waals surface area contributed by atoms with E-state index in [2.05, 4.69) is 20.6 Å². The summed E-state index contributed by atoms with van der Waals surface area (Å²) in [6.07, 6.45) is 1.75. The van der Waals surface area contributed by atoms with Crippen LogP contribution in [0.5, 0.6) is 5.75 Å². The van der Waals surface area contributed by atoms with Gasteiger partial charge in [0, 0.05) is 18.8 Å². The molecule has 24 heavy (non-hydrogen) atoms. The topological polar surface area (TPSA) is 58.5 Å². The maximum Gasteiger partial charge on any atom is 0.191 e. The Bertz CT molecular complexity index is 625. The lowest BCUT2D eigenvalue weighted by molar-refractivity contribution is 0.320. The third-order valence-electron chi connectivity index (χ3n) is 2.93. The fourth-order valence-corrected chi connectivity index (χ4v) is 1.89. The molecule has 1 heterocycles. The Balaban J connectivity index is 0.00000288. The fourth-order valence-electron chi connectivity index (χ4n) is 1.89. The fraction of sp³-hybridized carbons (Fsp3) is 0.294. The second-order valence-corrected chi connectivity index (χ2v) is 4.75. The molecule has 0 amide bonds. The summed E-state index contributed by atoms with van der Waals surface area (Å²) in [5.41, 5.74) is 0.903. The highest BCUT2D eigenvalue weighted by Crippen LogP contribution is 2.11. The zero-order chi connectivity index (χ0) is 16.3. The van der Waals surface area contributed by atoms with Crippen LogP contribution < -0.4 is 15.4 Å². The first-order valence-corrected chi connectivity index (χ1v) is 7.58. The Morgan fingerprint density at radius 2 is 2.08 bits per heavy atom. The number of aromatic nitrogens is 1. The van der Waals surface area contributed by atoms with E-state index in [1.165, 1.54) is 12.1 Å². The van der Waals surface area contributed by atoms with E-state index in [9.17, 15) is 4.39 Å². The van der Waals surface area contributed by atoms with E-state index in [0.717, 1.165) is 12.2 Å². The smallest absolute Gasteiger partial charge is 0.191 e. The summed E-state index contributed by atoms with van der Waals surface area (Å²) in [6.45, 7) is 4.24. The van der Waals surface area contributed by atoms with Gasteiger partial charge in [0.2, 0.25) is 0 Å². The van der Waals surface area contributed by atoms with E-state index >= 15 is 0 Å². The predicted molar refractivity (Wildman–Crippen MR) is 104 cm³/mol. The van der Waals surface area contributed by atoms with E-state index in [0.29, 0.717) is 31.4 Å². The summed E-state index contributed by atoms with van der Waals surface area (Å²) in [5, 5.41) is 6.32. The summed E-state index contributed by atoms with van der Waals surface area (Å²) in [5.74, 6) is 0.906. The lowest BCUT2D eigenvalue weighted by Gasteiger charge is -2.12. The number of guanidine groups is 1. The molecular formula is C17H22FIN4O. The number of halogens is 2. The van der Waals surface area contributed by atoms with E-state index in [1.54, 1.807) is 18.3 Å². The molecule has 0 spiro atoms. The normalized spacial score (nSPS) is 10.7. The second-order valence-electron chi connectivity index (χ2n) is 4.75. The number of rotatable bonds is 7. The number of nitrogens with zero attached hydrogens (tertiary/aromatic N) is 2. The van der Waals surface area contributed by atoms with Gasteiger partial charge in [-0.15, -0.1) is 24.0 Å². The summed E-state index contributed by atoms with van der Waals surface area (Å²) in [4.78, 5) is 8.69. The van der Waals surface area contributed by atoms with Crippen molar-refractivity contribution in [2.24, 2.45) is 4.99 Å². The van der Waals surface area contributed by atoms with Gasteiger partial charge in [-0.25, -0.2) is 9.38 Å². The molecule has 2 rings (SSSR count). The van der Waals surface area contributed by atoms with Crippen LogP contribution in [0.3, 0.4) is 0 Å². The first-order chi connectivity index (χ1) is 11.3. The second kappa shape index (κ2) is 11.6. The number of hydrogen-bond acceptors (Lipinski definition) is 3. The minimum atomic E-state index is -0.305. The molecule has 130 valence electrons. The first kappa shape index (κ1) is 20.1. The molecule has 0 fully saturated rings. The van der Waals surface area contributed by atoms with E-state index in [4.69, 9.17) is 4.74 Å². The Hall–Kier alpha value is -1.90. The molecule has 1 aromatic carbocycles. The van der Waals surface area contributed by atoms with Crippen LogP contribution in [0.2, 0.25) is 0 Å². The quantitative estimate of drug-likeness (QED) is 0.299. The van der Waals surface area contributed by atoms with Gasteiger partial charge in [0.05, 0.1) is 18.8 Å². The Morgan fingerprint density at radius 3 is 2.79 bits per heavy atom. The number of benzene rings is 1. The van der Waals surface area contributed by atoms with Crippen molar-refractivity contribution in [2.45, 2.75) is 13.5 Å². The zero-order valence-corrected chi connectivity index (χ0v) is 15.9. The number of hydrogen-bond donors (Lipinski definition) is 2. The number of ether oxygens (including phenoxy) is 1. The lowest BCUT2D eigenvalue weighted by Crippen LogP contribution is -2.39. The third-order valence-corrected chi connectivity index (χ3v) is 2.93. The van der Waals surface area contributed by atoms with Crippen molar-refractivity contribution in [3.8, 4) is 5.75 Å². The monoisotopic (exact) mass is 444 g/mol. The molecule has 5 nitrogen and oxygen atoms in total. The Morgan fingerprint density at radius 1 is 1.21 bits per heavy atom. The van der Waals surface area contributed by atoms with Gasteiger partial charge in [0.25, 0.3) is 0 Å². The molecule has 2 aromatic rings. The third kappa shape index (κ3) is 7.58. The van der Waals surface area contributed by atoms with E-state index in [1.807, 2.05) is 25.1 Å². The maximum absolute atomic E-state index is 13.0. The SMILES string of the molecule is CCNC(=NCc1ccccn1)NCCOc1cccc(F)c1.I. The highest BCUT2D eigenvalue weighted by molar-refractivity contribution is 14.0. The van der Waals surface area contributed by atoms with Crippen molar-refractivity contribution < 1.29 is 9.13 Å². The van der Waals surface area contributed by atoms with E-state index < -0.39 is 0 Å². The van der Waals surface area contributed by atoms with Gasteiger partial charge in [-0.2, -0.15) is 0 Å². The lowest BCUT2D eigenvalue weighted by atomic mass is 10.3. The van der Waals surface area contributed by atoms with Crippen molar-refractivity contribution in [2.75, 3.05) is 19.7 Å². The van der Waals surface area contributed by atoms with Crippen molar-refractivity contribution >= 4 is 29.9 Å². The molecule has 0 bridgehead atoms. The van der Waals surface area contributed by atoms with Gasteiger partial charge in [-0.3, -0.25) is 4.98 Å². The molecule has 0 saturated carbocycles. The molecule has 0 radical (unpaired) electrons. The molecule has 0 unspecified atom stereocenters. The van der Waals surface area contributed by atoms with Crippen LogP contribution in [0, 0.1) is 5.82 Å². The molecule has 0 aliphatic rings. The van der Waals surface area contributed by atoms with Crippen LogP contribution in [0.15, 0.2) is 53.7 Å². The molecular weight excluding hydrogens is 422 g/mol. The number of nitrogens with one attached hydrogen (secondary N) is 2. The number of aliphatic imine (C=N–C) groups is 1. The van der Waals surface area contributed by atoms with Crippen LogP contribution in [0.1, 0.15) is 12.6 Å². The Kier molecular flexibility index (Phi) is 9.74. The summed E-state index contributed by atoms with van der Waals surface area (Å²) >= 11 is 0. The summed E-state index contributed by atoms with van der Waals surface area (Å²) in [7, 11) is 0. The highest BCUT2D eigenvalue weighted by Gasteiger charge is 1.99. The molecule has 0 aliphatic carbocycles. The van der Waals surface area contributed by atoms with Gasteiger partial charge in [0.1, 0.15) is 18.2 Å². The van der Waals surface area contributed by atoms with Crippen molar-refractivity contribution in [1.82, 2.24) is 15.6 Å². The van der Waals surface area contributed by atoms with Gasteiger partial charge in [-0.1, -0.05) is 12.1 Å². The van der Waals surface area contributed by atoms with Crippen LogP contribution in [-0.4, -0.2) is 30.6 Å². The molecule has 1 aromatic heterocycles. The van der Waals surface area contributed by atoms with Crippen LogP contribution in [-0.2, 0) is 6.54 Å². The molecule has 0 atom stereocenters.